The number of carbonyl (C=O) groups excluding carboxylic acids is 1. The van der Waals surface area contributed by atoms with Crippen molar-refractivity contribution in [2.45, 2.75) is 80.7 Å². The summed E-state index contributed by atoms with van der Waals surface area (Å²) in [6.45, 7) is 3.04. The summed E-state index contributed by atoms with van der Waals surface area (Å²) >= 11 is 4.14. The largest absolute Gasteiger partial charge is 0.504 e. The Kier molecular flexibility index (Phi) is 7.42. The number of piperidine rings is 1. The molecule has 1 aromatic rings. The van der Waals surface area contributed by atoms with Gasteiger partial charge in [-0.15, -0.1) is 37.4 Å². The van der Waals surface area contributed by atoms with Crippen LogP contribution in [0, 0.1) is 0 Å². The van der Waals surface area contributed by atoms with E-state index < -0.39 is 0 Å². The fourth-order valence-electron chi connectivity index (χ4n) is 7.14. The lowest BCUT2D eigenvalue weighted by molar-refractivity contribution is -0.203. The number of ether oxygens (including phenoxy) is 2. The predicted molar refractivity (Wildman–Crippen MR) is 132 cm³/mol. The van der Waals surface area contributed by atoms with Crippen LogP contribution in [0.15, 0.2) is 12.1 Å². The second kappa shape index (κ2) is 9.16. The Morgan fingerprint density at radius 3 is 2.81 bits per heavy atom. The SMILES string of the molecule is CCC[C@H](N[C@@H]1CC[C@@]2(OC)[C@H]3Cc4ccc(O)c5c4[C@@]2(CCN3C)[C@H]1O5)C(=O)S.Cl.Cl. The molecule has 5 rings (SSSR count). The fourth-order valence-corrected chi connectivity index (χ4v) is 7.34. The Hall–Kier alpha value is -0.700. The van der Waals surface area contributed by atoms with E-state index in [2.05, 4.69) is 42.9 Å². The zero-order valence-electron chi connectivity index (χ0n) is 18.8. The Labute approximate surface area is 208 Å². The van der Waals surface area contributed by atoms with Crippen LogP contribution in [0.5, 0.6) is 11.5 Å². The van der Waals surface area contributed by atoms with Crippen molar-refractivity contribution in [3.8, 4) is 11.5 Å². The van der Waals surface area contributed by atoms with Crippen molar-refractivity contribution in [3.05, 3.63) is 23.3 Å². The number of phenolic OH excluding ortho intramolecular Hbond substituents is 1. The fraction of sp³-hybridized carbons (Fsp3) is 0.696. The van der Waals surface area contributed by atoms with Crippen LogP contribution in [0.4, 0.5) is 0 Å². The number of thiol groups is 1. The van der Waals surface area contributed by atoms with Gasteiger partial charge in [-0.25, -0.2) is 0 Å². The molecular weight excluding hydrogens is 471 g/mol. The van der Waals surface area contributed by atoms with Crippen molar-refractivity contribution in [2.75, 3.05) is 20.7 Å². The highest BCUT2D eigenvalue weighted by atomic mass is 35.5. The van der Waals surface area contributed by atoms with Crippen molar-refractivity contribution in [1.29, 1.82) is 0 Å². The van der Waals surface area contributed by atoms with Crippen LogP contribution in [0.25, 0.3) is 0 Å². The van der Waals surface area contributed by atoms with E-state index in [4.69, 9.17) is 9.47 Å². The van der Waals surface area contributed by atoms with Crippen LogP contribution in [-0.2, 0) is 21.4 Å². The molecule has 2 fully saturated rings. The third-order valence-electron chi connectivity index (χ3n) is 8.34. The number of hydrogen-bond donors (Lipinski definition) is 3. The number of benzene rings is 1. The van der Waals surface area contributed by atoms with Gasteiger partial charge in [0.25, 0.3) is 0 Å². The summed E-state index contributed by atoms with van der Waals surface area (Å²) < 4.78 is 13.0. The third-order valence-corrected chi connectivity index (χ3v) is 8.66. The van der Waals surface area contributed by atoms with Crippen LogP contribution >= 0.6 is 37.4 Å². The van der Waals surface area contributed by atoms with E-state index in [-0.39, 0.29) is 70.9 Å². The number of rotatable bonds is 6. The summed E-state index contributed by atoms with van der Waals surface area (Å²) in [7, 11) is 4.03. The molecule has 0 amide bonds. The molecule has 2 N–H and O–H groups in total. The van der Waals surface area contributed by atoms with Crippen LogP contribution in [0.3, 0.4) is 0 Å². The van der Waals surface area contributed by atoms with E-state index in [1.54, 1.807) is 6.07 Å². The monoisotopic (exact) mass is 504 g/mol. The van der Waals surface area contributed by atoms with Gasteiger partial charge in [0, 0.05) is 24.8 Å². The number of phenols is 1. The molecule has 9 heteroatoms. The van der Waals surface area contributed by atoms with Gasteiger partial charge < -0.3 is 24.8 Å². The summed E-state index contributed by atoms with van der Waals surface area (Å²) in [5, 5.41) is 14.2. The first-order valence-corrected chi connectivity index (χ1v) is 11.6. The Bertz CT molecular complexity index is 890. The lowest BCUT2D eigenvalue weighted by Crippen LogP contribution is -2.78. The van der Waals surface area contributed by atoms with Gasteiger partial charge in [0.2, 0.25) is 5.12 Å². The number of carbonyl (C=O) groups is 1. The van der Waals surface area contributed by atoms with Crippen molar-refractivity contribution < 1.29 is 19.4 Å². The first kappa shape index (κ1) is 25.9. The van der Waals surface area contributed by atoms with Gasteiger partial charge in [-0.1, -0.05) is 19.4 Å². The van der Waals surface area contributed by atoms with Gasteiger partial charge in [-0.05, 0) is 57.3 Å². The van der Waals surface area contributed by atoms with E-state index in [1.165, 1.54) is 5.56 Å². The molecule has 1 saturated carbocycles. The second-order valence-electron chi connectivity index (χ2n) is 9.49. The molecule has 180 valence electrons. The van der Waals surface area contributed by atoms with E-state index >= 15 is 0 Å². The van der Waals surface area contributed by atoms with Crippen LogP contribution in [0.1, 0.15) is 50.2 Å². The Balaban J connectivity index is 0.00000144. The summed E-state index contributed by atoms with van der Waals surface area (Å²) in [4.78, 5) is 14.6. The minimum atomic E-state index is -0.361. The number of likely N-dealkylation sites (N-methyl/N-ethyl adjacent to an activating group) is 1. The number of likely N-dealkylation sites (tertiary alicyclic amines) is 1. The maximum atomic E-state index is 12.2. The first-order valence-electron chi connectivity index (χ1n) is 11.2. The number of halogens is 2. The lowest BCUT2D eigenvalue weighted by atomic mass is 9.48. The molecule has 2 aliphatic carbocycles. The van der Waals surface area contributed by atoms with Gasteiger partial charge in [0.05, 0.1) is 17.1 Å². The average molecular weight is 506 g/mol. The molecule has 1 saturated heterocycles. The molecule has 2 aliphatic heterocycles. The maximum absolute atomic E-state index is 12.2. The van der Waals surface area contributed by atoms with Crippen molar-refractivity contribution in [1.82, 2.24) is 10.2 Å². The van der Waals surface area contributed by atoms with Gasteiger partial charge in [-0.2, -0.15) is 0 Å². The Morgan fingerprint density at radius 2 is 2.16 bits per heavy atom. The summed E-state index contributed by atoms with van der Waals surface area (Å²) in [5.41, 5.74) is 1.72. The molecule has 1 spiro atoms. The molecular formula is C23H34Cl2N2O4S. The average Bonchev–Trinajstić information content (AvgIpc) is 3.08. The third kappa shape index (κ3) is 3.23. The van der Waals surface area contributed by atoms with E-state index in [0.717, 1.165) is 50.6 Å². The van der Waals surface area contributed by atoms with Crippen molar-refractivity contribution in [3.63, 3.8) is 0 Å². The molecule has 32 heavy (non-hydrogen) atoms. The van der Waals surface area contributed by atoms with Gasteiger partial charge in [0.1, 0.15) is 6.10 Å². The van der Waals surface area contributed by atoms with Crippen LogP contribution in [0.2, 0.25) is 0 Å². The smallest absolute Gasteiger partial charge is 0.202 e. The summed E-state index contributed by atoms with van der Waals surface area (Å²) in [5.74, 6) is 0.828. The zero-order valence-corrected chi connectivity index (χ0v) is 21.3. The normalized spacial score (nSPS) is 35.1. The molecule has 6 atom stereocenters. The van der Waals surface area contributed by atoms with Gasteiger partial charge in [0.15, 0.2) is 11.5 Å². The number of nitrogens with one attached hydrogen (secondary N) is 1. The first-order chi connectivity index (χ1) is 14.4. The molecule has 0 aromatic heterocycles. The maximum Gasteiger partial charge on any atom is 0.202 e. The second-order valence-corrected chi connectivity index (χ2v) is 9.93. The minimum absolute atomic E-state index is 0. The van der Waals surface area contributed by atoms with E-state index in [9.17, 15) is 9.90 Å². The number of nitrogens with zero attached hydrogens (tertiary/aromatic N) is 1. The van der Waals surface area contributed by atoms with Crippen molar-refractivity contribution in [2.24, 2.45) is 0 Å². The molecule has 4 aliphatic rings. The van der Waals surface area contributed by atoms with Crippen LogP contribution in [-0.4, -0.2) is 65.7 Å². The highest BCUT2D eigenvalue weighted by Gasteiger charge is 2.73. The zero-order chi connectivity index (χ0) is 21.3. The quantitative estimate of drug-likeness (QED) is 0.516. The van der Waals surface area contributed by atoms with E-state index in [1.807, 2.05) is 7.11 Å². The topological polar surface area (TPSA) is 71.0 Å². The number of aromatic hydroxyl groups is 1. The van der Waals surface area contributed by atoms with Gasteiger partial charge in [-0.3, -0.25) is 4.79 Å². The molecule has 6 nitrogen and oxygen atoms in total. The Morgan fingerprint density at radius 1 is 1.41 bits per heavy atom. The number of hydrogen-bond acceptors (Lipinski definition) is 6. The lowest BCUT2D eigenvalue weighted by Gasteiger charge is -2.65. The van der Waals surface area contributed by atoms with Crippen LogP contribution < -0.4 is 10.1 Å². The number of methoxy groups -OCH3 is 1. The van der Waals surface area contributed by atoms with E-state index in [0.29, 0.717) is 5.75 Å². The molecule has 0 unspecified atom stereocenters. The minimum Gasteiger partial charge on any atom is -0.504 e. The van der Waals surface area contributed by atoms with Gasteiger partial charge >= 0.3 is 0 Å². The summed E-state index contributed by atoms with van der Waals surface area (Å²) in [6, 6.07) is 3.80. The molecule has 1 aromatic carbocycles. The van der Waals surface area contributed by atoms with Crippen molar-refractivity contribution >= 4 is 42.6 Å². The standard InChI is InChI=1S/C23H32N2O4S.2ClH/c1-4-5-15(21(27)30)24-14-8-9-23(28-3)17-12-13-6-7-16(26)19-18(13)22(23,20(14)29-19)10-11-25(17)2;;/h6-7,14-15,17,20,24,26H,4-5,8-12H2,1-3H3,(H,27,30);2*1H/t14-,15+,17-,20+,22+,23-;;/m1../s1. The predicted octanol–water partition coefficient (Wildman–Crippen LogP) is 3.26. The molecule has 2 heterocycles. The molecule has 0 radical (unpaired) electrons. The highest BCUT2D eigenvalue weighted by Crippen LogP contribution is 2.66. The highest BCUT2D eigenvalue weighted by molar-refractivity contribution is 7.96. The molecule has 2 bridgehead atoms. The summed E-state index contributed by atoms with van der Waals surface area (Å²) in [6.07, 6.45) is 5.04.